The molecule has 4 nitrogen and oxygen atoms in total. The van der Waals surface area contributed by atoms with Gasteiger partial charge in [-0.05, 0) is 43.5 Å². The summed E-state index contributed by atoms with van der Waals surface area (Å²) < 4.78 is 7.08. The first kappa shape index (κ1) is 14.9. The normalized spacial score (nSPS) is 12.5. The Labute approximate surface area is 124 Å². The number of nitrogen functional groups attached to an aromatic ring is 1. The van der Waals surface area contributed by atoms with Crippen molar-refractivity contribution < 1.29 is 14.6 Å². The number of hydrogen-bond acceptors (Lipinski definition) is 3. The Morgan fingerprint density at radius 1 is 1.47 bits per heavy atom. The van der Waals surface area contributed by atoms with Crippen LogP contribution in [0.15, 0.2) is 19.5 Å². The number of aliphatic carboxylic acids is 1. The first-order valence-electron chi connectivity index (χ1n) is 4.56. The van der Waals surface area contributed by atoms with Gasteiger partial charge in [-0.2, -0.15) is 0 Å². The monoisotopic (exact) mass is 429 g/mol. The lowest BCUT2D eigenvalue weighted by Gasteiger charge is -2.15. The van der Waals surface area contributed by atoms with E-state index in [-0.39, 0.29) is 6.42 Å². The molecule has 0 fully saturated rings. The average Bonchev–Trinajstić information content (AvgIpc) is 2.26. The molecular formula is C10H10Br3NO3. The fourth-order valence-corrected chi connectivity index (χ4v) is 3.74. The first-order chi connectivity index (χ1) is 7.88. The summed E-state index contributed by atoms with van der Waals surface area (Å²) in [5.74, 6) is -1.01. The number of rotatable bonds is 4. The second-order valence-electron chi connectivity index (χ2n) is 3.31. The largest absolute Gasteiger partial charge is 0.479 e. The number of hydrogen-bond donors (Lipinski definition) is 2. The summed E-state index contributed by atoms with van der Waals surface area (Å²) in [6, 6.07) is 1.78. The molecule has 7 heteroatoms. The maximum absolute atomic E-state index is 10.9. The van der Waals surface area contributed by atoms with E-state index in [0.29, 0.717) is 10.2 Å². The molecular weight excluding hydrogens is 422 g/mol. The highest BCUT2D eigenvalue weighted by atomic mass is 79.9. The Hall–Kier alpha value is -0.110. The van der Waals surface area contributed by atoms with Gasteiger partial charge in [0.05, 0.1) is 5.69 Å². The molecule has 0 aliphatic rings. The fraction of sp³-hybridized carbons (Fsp3) is 0.300. The second kappa shape index (κ2) is 6.17. The highest BCUT2D eigenvalue weighted by Gasteiger charge is 2.21. The number of benzene rings is 1. The third-order valence-corrected chi connectivity index (χ3v) is 4.52. The minimum atomic E-state index is -1.01. The van der Waals surface area contributed by atoms with Crippen molar-refractivity contribution >= 4 is 59.4 Å². The third kappa shape index (κ3) is 3.43. The van der Waals surface area contributed by atoms with E-state index in [1.165, 1.54) is 7.11 Å². The second-order valence-corrected chi connectivity index (χ2v) is 5.81. The van der Waals surface area contributed by atoms with Crippen LogP contribution >= 0.6 is 47.8 Å². The van der Waals surface area contributed by atoms with Gasteiger partial charge in [0.25, 0.3) is 0 Å². The lowest BCUT2D eigenvalue weighted by molar-refractivity contribution is -0.148. The molecule has 0 spiro atoms. The highest BCUT2D eigenvalue weighted by Crippen LogP contribution is 2.37. The van der Waals surface area contributed by atoms with Crippen LogP contribution in [-0.4, -0.2) is 24.3 Å². The molecule has 1 aromatic carbocycles. The summed E-state index contributed by atoms with van der Waals surface area (Å²) in [5.41, 5.74) is 7.14. The first-order valence-corrected chi connectivity index (χ1v) is 6.93. The van der Waals surface area contributed by atoms with Gasteiger partial charge < -0.3 is 15.6 Å². The van der Waals surface area contributed by atoms with Crippen molar-refractivity contribution in [3.05, 3.63) is 25.0 Å². The van der Waals surface area contributed by atoms with Crippen molar-refractivity contribution in [3.63, 3.8) is 0 Å². The van der Waals surface area contributed by atoms with E-state index in [1.54, 1.807) is 6.07 Å². The van der Waals surface area contributed by atoms with Crippen LogP contribution in [0.5, 0.6) is 0 Å². The zero-order valence-electron chi connectivity index (χ0n) is 8.84. The predicted octanol–water partition coefficient (Wildman–Crippen LogP) is 3.20. The number of nitrogens with two attached hydrogens (primary N) is 1. The minimum absolute atomic E-state index is 0.227. The van der Waals surface area contributed by atoms with Gasteiger partial charge in [-0.1, -0.05) is 15.9 Å². The van der Waals surface area contributed by atoms with Crippen molar-refractivity contribution in [2.45, 2.75) is 12.5 Å². The van der Waals surface area contributed by atoms with Crippen molar-refractivity contribution in [3.8, 4) is 0 Å². The Morgan fingerprint density at radius 2 is 2.06 bits per heavy atom. The Morgan fingerprint density at radius 3 is 2.53 bits per heavy atom. The molecule has 94 valence electrons. The molecule has 1 rings (SSSR count). The summed E-state index contributed by atoms with van der Waals surface area (Å²) in [7, 11) is 1.36. The van der Waals surface area contributed by atoms with Crippen LogP contribution in [0.1, 0.15) is 5.56 Å². The molecule has 0 saturated carbocycles. The lowest BCUT2D eigenvalue weighted by atomic mass is 10.1. The summed E-state index contributed by atoms with van der Waals surface area (Å²) >= 11 is 10.0. The van der Waals surface area contributed by atoms with E-state index in [0.717, 1.165) is 14.5 Å². The van der Waals surface area contributed by atoms with E-state index in [9.17, 15) is 4.79 Å². The molecule has 1 unspecified atom stereocenters. The van der Waals surface area contributed by atoms with E-state index in [2.05, 4.69) is 47.8 Å². The van der Waals surface area contributed by atoms with Gasteiger partial charge in [0.1, 0.15) is 0 Å². The molecule has 0 amide bonds. The maximum Gasteiger partial charge on any atom is 0.333 e. The van der Waals surface area contributed by atoms with Gasteiger partial charge in [0.2, 0.25) is 0 Å². The Balaban J connectivity index is 3.14. The fourth-order valence-electron chi connectivity index (χ4n) is 1.29. The molecule has 0 saturated heterocycles. The van der Waals surface area contributed by atoms with E-state index in [1.807, 2.05) is 0 Å². The molecule has 17 heavy (non-hydrogen) atoms. The number of methoxy groups -OCH3 is 1. The molecule has 0 heterocycles. The molecule has 0 aliphatic heterocycles. The molecule has 0 aromatic heterocycles. The van der Waals surface area contributed by atoms with Crippen LogP contribution in [0, 0.1) is 0 Å². The molecule has 1 aromatic rings. The lowest BCUT2D eigenvalue weighted by Crippen LogP contribution is -2.25. The smallest absolute Gasteiger partial charge is 0.333 e. The van der Waals surface area contributed by atoms with Crippen molar-refractivity contribution in [2.24, 2.45) is 0 Å². The summed E-state index contributed by atoms with van der Waals surface area (Å²) in [5, 5.41) is 8.94. The summed E-state index contributed by atoms with van der Waals surface area (Å²) in [6.07, 6.45) is -0.673. The van der Waals surface area contributed by atoms with Gasteiger partial charge in [-0.25, -0.2) is 4.79 Å². The number of anilines is 1. The van der Waals surface area contributed by atoms with Crippen LogP contribution in [0.25, 0.3) is 0 Å². The molecule has 0 bridgehead atoms. The van der Waals surface area contributed by atoms with Gasteiger partial charge in [-0.15, -0.1) is 0 Å². The zero-order chi connectivity index (χ0) is 13.2. The van der Waals surface area contributed by atoms with Crippen LogP contribution in [0.4, 0.5) is 5.69 Å². The predicted molar refractivity (Wildman–Crippen MR) is 76.1 cm³/mol. The van der Waals surface area contributed by atoms with Crippen molar-refractivity contribution in [1.29, 1.82) is 0 Å². The SMILES string of the molecule is COC(Cc1c(Br)cc(Br)c(N)c1Br)C(=O)O. The van der Waals surface area contributed by atoms with Crippen LogP contribution < -0.4 is 5.73 Å². The Kier molecular flexibility index (Phi) is 5.43. The zero-order valence-corrected chi connectivity index (χ0v) is 13.6. The molecule has 3 N–H and O–H groups in total. The molecule has 0 radical (unpaired) electrons. The quantitative estimate of drug-likeness (QED) is 0.718. The van der Waals surface area contributed by atoms with Crippen molar-refractivity contribution in [2.75, 3.05) is 12.8 Å². The third-order valence-electron chi connectivity index (χ3n) is 2.25. The average molecular weight is 432 g/mol. The maximum atomic E-state index is 10.9. The highest BCUT2D eigenvalue weighted by molar-refractivity contribution is 9.11. The molecule has 1 atom stereocenters. The topological polar surface area (TPSA) is 72.5 Å². The Bertz CT molecular complexity index is 451. The number of halogens is 3. The standard InChI is InChI=1S/C10H10Br3NO3/c1-17-7(10(15)16)2-4-5(11)3-6(12)9(14)8(4)13/h3,7H,2,14H2,1H3,(H,15,16). The van der Waals surface area contributed by atoms with Gasteiger partial charge in [0.15, 0.2) is 6.10 Å². The number of carboxylic acids is 1. The van der Waals surface area contributed by atoms with Crippen molar-refractivity contribution in [1.82, 2.24) is 0 Å². The van der Waals surface area contributed by atoms with Gasteiger partial charge in [-0.3, -0.25) is 0 Å². The van der Waals surface area contributed by atoms with Gasteiger partial charge >= 0.3 is 5.97 Å². The summed E-state index contributed by atoms with van der Waals surface area (Å²) in [6.45, 7) is 0. The number of ether oxygens (including phenoxy) is 1. The van der Waals surface area contributed by atoms with E-state index >= 15 is 0 Å². The minimum Gasteiger partial charge on any atom is -0.479 e. The van der Waals surface area contributed by atoms with E-state index < -0.39 is 12.1 Å². The van der Waals surface area contributed by atoms with Crippen LogP contribution in [-0.2, 0) is 16.0 Å². The van der Waals surface area contributed by atoms with E-state index in [4.69, 9.17) is 15.6 Å². The number of carbonyl (C=O) groups is 1. The van der Waals surface area contributed by atoms with Crippen LogP contribution in [0.3, 0.4) is 0 Å². The van der Waals surface area contributed by atoms with Crippen LogP contribution in [0.2, 0.25) is 0 Å². The molecule has 0 aliphatic carbocycles. The number of carboxylic acid groups (broad SMARTS) is 1. The summed E-state index contributed by atoms with van der Waals surface area (Å²) in [4.78, 5) is 10.9. The van der Waals surface area contributed by atoms with Gasteiger partial charge in [0, 0.05) is 26.9 Å².